The summed E-state index contributed by atoms with van der Waals surface area (Å²) < 4.78 is 12.2. The molecule has 2 aromatic heterocycles. The van der Waals surface area contributed by atoms with Crippen LogP contribution in [0.5, 0.6) is 11.5 Å². The van der Waals surface area contributed by atoms with Gasteiger partial charge in [0.25, 0.3) is 0 Å². The summed E-state index contributed by atoms with van der Waals surface area (Å²) in [5, 5.41) is 0. The molecule has 14 rings (SSSR count). The summed E-state index contributed by atoms with van der Waals surface area (Å²) in [6, 6.07) is 74.8. The van der Waals surface area contributed by atoms with E-state index in [1.54, 1.807) is 0 Å². The van der Waals surface area contributed by atoms with E-state index < -0.39 is 0 Å². The number of fused-ring (bicyclic) bond motifs is 12. The maximum Gasteiger partial charge on any atom is 0.247 e. The Kier molecular flexibility index (Phi) is 6.94. The molecule has 0 spiro atoms. The highest BCUT2D eigenvalue weighted by atomic mass is 16.5. The van der Waals surface area contributed by atoms with E-state index in [-0.39, 0.29) is 13.4 Å². The van der Waals surface area contributed by atoms with Crippen molar-refractivity contribution in [3.8, 4) is 39.4 Å². The maximum atomic E-state index is 7.43. The van der Waals surface area contributed by atoms with Crippen LogP contribution in [0.25, 0.3) is 55.8 Å². The van der Waals surface area contributed by atoms with Crippen molar-refractivity contribution in [3.05, 3.63) is 206 Å². The summed E-state index contributed by atoms with van der Waals surface area (Å²) in [4.78, 5) is 7.89. The van der Waals surface area contributed by atoms with Crippen LogP contribution in [0, 0.1) is 0 Å². The number of nitrogens with zero attached hydrogens (tertiary/aromatic N) is 4. The van der Waals surface area contributed by atoms with Crippen molar-refractivity contribution in [2.24, 2.45) is 0 Å². The molecule has 3 aliphatic rings. The third-order valence-electron chi connectivity index (χ3n) is 13.4. The third kappa shape index (κ3) is 4.51. The minimum atomic E-state index is -0.0871. The van der Waals surface area contributed by atoms with Gasteiger partial charge in [-0.1, -0.05) is 181 Å². The smallest absolute Gasteiger partial charge is 0.247 e. The molecule has 5 heterocycles. The summed E-state index contributed by atoms with van der Waals surface area (Å²) in [5.74, 6) is 2.54. The first-order chi connectivity index (χ1) is 30.8. The molecule has 0 atom stereocenters. The van der Waals surface area contributed by atoms with Crippen molar-refractivity contribution >= 4 is 91.1 Å². The van der Waals surface area contributed by atoms with Gasteiger partial charge >= 0.3 is 0 Å². The van der Waals surface area contributed by atoms with E-state index in [2.05, 4.69) is 220 Å². The lowest BCUT2D eigenvalue weighted by Gasteiger charge is -2.42. The molecule has 286 valence electrons. The van der Waals surface area contributed by atoms with E-state index in [4.69, 9.17) is 9.72 Å². The number of ether oxygens (including phenoxy) is 1. The zero-order valence-corrected chi connectivity index (χ0v) is 33.5. The molecule has 62 heavy (non-hydrogen) atoms. The Morgan fingerprint density at radius 2 is 0.968 bits per heavy atom. The van der Waals surface area contributed by atoms with Gasteiger partial charge in [-0.25, -0.2) is 4.98 Å². The Morgan fingerprint density at radius 3 is 1.68 bits per heavy atom. The highest BCUT2D eigenvalue weighted by Gasteiger charge is 2.44. The molecular weight excluding hydrogens is 754 g/mol. The zero-order valence-electron chi connectivity index (χ0n) is 33.5. The van der Waals surface area contributed by atoms with Crippen LogP contribution < -0.4 is 42.4 Å². The van der Waals surface area contributed by atoms with Gasteiger partial charge in [-0.15, -0.1) is 0 Å². The number of hydrogen-bond acceptors (Lipinski definition) is 3. The lowest BCUT2D eigenvalue weighted by atomic mass is 9.34. The zero-order chi connectivity index (χ0) is 40.5. The number of benzene rings is 9. The Bertz CT molecular complexity index is 3650. The molecule has 0 unspecified atom stereocenters. The predicted octanol–water partition coefficient (Wildman–Crippen LogP) is 9.00. The van der Waals surface area contributed by atoms with Crippen molar-refractivity contribution in [2.45, 2.75) is 0 Å². The van der Waals surface area contributed by atoms with Gasteiger partial charge in [-0.3, -0.25) is 8.97 Å². The molecular formula is C55H34B2N4O. The average molecular weight is 789 g/mol. The molecule has 5 nitrogen and oxygen atoms in total. The SMILES string of the molecule is c1ccc(-c2ccccc2B2c3ccccc3N3c4cc5c6c(c4Oc4cccc2c43)n2c3ccccc3nc2n6-c2ccccc2B5c2ccccc2-c2ccccc2)cc1. The average Bonchev–Trinajstić information content (AvgIpc) is 3.88. The summed E-state index contributed by atoms with van der Waals surface area (Å²) in [6.07, 6.45) is 0. The molecule has 0 saturated carbocycles. The first kappa shape index (κ1) is 33.8. The lowest BCUT2D eigenvalue weighted by molar-refractivity contribution is 0.482. The maximum absolute atomic E-state index is 7.43. The third-order valence-corrected chi connectivity index (χ3v) is 13.4. The van der Waals surface area contributed by atoms with E-state index in [1.165, 1.54) is 55.0 Å². The Labute approximate surface area is 358 Å². The predicted molar refractivity (Wildman–Crippen MR) is 257 cm³/mol. The van der Waals surface area contributed by atoms with Crippen LogP contribution in [0.2, 0.25) is 0 Å². The molecule has 0 N–H and O–H groups in total. The monoisotopic (exact) mass is 788 g/mol. The fourth-order valence-electron chi connectivity index (χ4n) is 11.0. The number of hydrogen-bond donors (Lipinski definition) is 0. The second-order valence-electron chi connectivity index (χ2n) is 16.6. The Morgan fingerprint density at radius 1 is 0.419 bits per heavy atom. The van der Waals surface area contributed by atoms with Gasteiger partial charge in [-0.05, 0) is 80.5 Å². The van der Waals surface area contributed by atoms with Gasteiger partial charge in [0.1, 0.15) is 5.52 Å². The second kappa shape index (κ2) is 12.7. The second-order valence-corrected chi connectivity index (χ2v) is 16.6. The fraction of sp³-hybridized carbons (Fsp3) is 0. The van der Waals surface area contributed by atoms with Gasteiger partial charge < -0.3 is 9.64 Å². The summed E-state index contributed by atoms with van der Waals surface area (Å²) in [7, 11) is 0. The fourth-order valence-corrected chi connectivity index (χ4v) is 11.0. The van der Waals surface area contributed by atoms with Crippen molar-refractivity contribution in [1.29, 1.82) is 0 Å². The Hall–Kier alpha value is -8.02. The molecule has 0 radical (unpaired) electrons. The molecule has 9 aromatic carbocycles. The van der Waals surface area contributed by atoms with Crippen LogP contribution in [0.1, 0.15) is 0 Å². The van der Waals surface area contributed by atoms with E-state index >= 15 is 0 Å². The number of rotatable bonds is 4. The molecule has 0 fully saturated rings. The van der Waals surface area contributed by atoms with Gasteiger partial charge in [0.05, 0.1) is 27.9 Å². The molecule has 0 bridgehead atoms. The number of anilines is 3. The minimum Gasteiger partial charge on any atom is -0.451 e. The van der Waals surface area contributed by atoms with Crippen molar-refractivity contribution in [3.63, 3.8) is 0 Å². The minimum absolute atomic E-state index is 0.0243. The summed E-state index contributed by atoms with van der Waals surface area (Å²) >= 11 is 0. The van der Waals surface area contributed by atoms with Gasteiger partial charge in [0.2, 0.25) is 19.2 Å². The van der Waals surface area contributed by atoms with Gasteiger partial charge in [0, 0.05) is 11.4 Å². The van der Waals surface area contributed by atoms with E-state index in [0.717, 1.165) is 62.1 Å². The number of para-hydroxylation sites is 5. The molecule has 0 aliphatic carbocycles. The van der Waals surface area contributed by atoms with E-state index in [1.807, 2.05) is 0 Å². The van der Waals surface area contributed by atoms with Crippen LogP contribution in [0.3, 0.4) is 0 Å². The van der Waals surface area contributed by atoms with Gasteiger partial charge in [-0.2, -0.15) is 0 Å². The number of imidazole rings is 2. The first-order valence-electron chi connectivity index (χ1n) is 21.4. The highest BCUT2D eigenvalue weighted by molar-refractivity contribution is 6.99. The van der Waals surface area contributed by atoms with Crippen molar-refractivity contribution < 1.29 is 4.74 Å². The molecule has 7 heteroatoms. The summed E-state index contributed by atoms with van der Waals surface area (Å²) in [6.45, 7) is -0.111. The van der Waals surface area contributed by atoms with Crippen LogP contribution in [-0.2, 0) is 0 Å². The van der Waals surface area contributed by atoms with Crippen molar-refractivity contribution in [2.75, 3.05) is 4.90 Å². The largest absolute Gasteiger partial charge is 0.451 e. The number of aromatic nitrogens is 3. The standard InChI is InChI=1S/C55H34B2N4O/c1-3-18-35(19-4-1)37-22-7-9-24-39(37)56-41-26-11-14-30-46(41)59-49-34-44-52-53(54(49)62-50-33-17-28-43(56)51(50)59)61-48-32-16-13-29-45(48)58-55(61)60(52)47-31-15-12-27-42(47)57(44)40-25-10-8-23-38(40)36-20-5-2-6-21-36/h1-34H. The van der Waals surface area contributed by atoms with E-state index in [9.17, 15) is 0 Å². The van der Waals surface area contributed by atoms with Gasteiger partial charge in [0.15, 0.2) is 11.5 Å². The molecule has 3 aliphatic heterocycles. The molecule has 0 amide bonds. The van der Waals surface area contributed by atoms with Crippen molar-refractivity contribution in [1.82, 2.24) is 14.0 Å². The first-order valence-corrected chi connectivity index (χ1v) is 21.4. The van der Waals surface area contributed by atoms with Crippen LogP contribution >= 0.6 is 0 Å². The van der Waals surface area contributed by atoms with Crippen LogP contribution in [0.4, 0.5) is 17.1 Å². The molecule has 0 saturated heterocycles. The van der Waals surface area contributed by atoms with Crippen LogP contribution in [0.15, 0.2) is 206 Å². The van der Waals surface area contributed by atoms with E-state index in [0.29, 0.717) is 0 Å². The quantitative estimate of drug-likeness (QED) is 0.167. The Balaban J connectivity index is 1.10. The van der Waals surface area contributed by atoms with Crippen LogP contribution in [-0.4, -0.2) is 27.4 Å². The topological polar surface area (TPSA) is 34.7 Å². The normalized spacial score (nSPS) is 13.2. The lowest BCUT2D eigenvalue weighted by Crippen LogP contribution is -2.58. The molecule has 11 aromatic rings. The highest BCUT2D eigenvalue weighted by Crippen LogP contribution is 2.54. The summed E-state index contributed by atoms with van der Waals surface area (Å²) in [5.41, 5.74) is 20.8.